The fourth-order valence-electron chi connectivity index (χ4n) is 4.26. The van der Waals surface area contributed by atoms with Crippen molar-refractivity contribution < 1.29 is 14.4 Å². The molecule has 3 amide bonds. The van der Waals surface area contributed by atoms with Gasteiger partial charge in [-0.3, -0.25) is 14.4 Å². The molecule has 0 atom stereocenters. The molecule has 180 valence electrons. The van der Waals surface area contributed by atoms with Crippen molar-refractivity contribution in [2.45, 2.75) is 26.7 Å². The van der Waals surface area contributed by atoms with Crippen LogP contribution in [0.15, 0.2) is 30.5 Å². The second-order valence-corrected chi connectivity index (χ2v) is 9.55. The third kappa shape index (κ3) is 4.85. The number of nitrogens with one attached hydrogen (secondary N) is 2. The average Bonchev–Trinajstić information content (AvgIpc) is 3.28. The van der Waals surface area contributed by atoms with Crippen molar-refractivity contribution >= 4 is 46.4 Å². The summed E-state index contributed by atoms with van der Waals surface area (Å²) in [4.78, 5) is 54.3. The Morgan fingerprint density at radius 1 is 0.971 bits per heavy atom. The number of nitrogens with zero attached hydrogens (tertiary/aromatic N) is 5. The van der Waals surface area contributed by atoms with E-state index in [1.165, 1.54) is 18.3 Å². The van der Waals surface area contributed by atoms with Gasteiger partial charge in [0.25, 0.3) is 5.91 Å². The molecule has 1 aliphatic heterocycles. The van der Waals surface area contributed by atoms with E-state index in [9.17, 15) is 14.4 Å². The molecule has 1 saturated heterocycles. The number of hydrogen-bond donors (Lipinski definition) is 2. The molecular weight excluding hydrogens is 466 g/mol. The summed E-state index contributed by atoms with van der Waals surface area (Å²) in [5, 5.41) is 6.41. The Bertz CT molecular complexity index is 1310. The Balaban J connectivity index is 1.36. The summed E-state index contributed by atoms with van der Waals surface area (Å²) in [6.45, 7) is 5.11. The molecule has 1 aromatic carbocycles. The third-order valence-corrected chi connectivity index (χ3v) is 7.13. The van der Waals surface area contributed by atoms with Gasteiger partial charge in [-0.25, -0.2) is 15.0 Å². The number of anilines is 3. The van der Waals surface area contributed by atoms with Gasteiger partial charge >= 0.3 is 0 Å². The lowest BCUT2D eigenvalue weighted by Gasteiger charge is -2.33. The van der Waals surface area contributed by atoms with E-state index in [1.54, 1.807) is 16.7 Å². The number of amides is 3. The second kappa shape index (κ2) is 9.41. The maximum atomic E-state index is 13.1. The fraction of sp³-hybridized carbons (Fsp3) is 0.333. The first-order valence-electron chi connectivity index (χ1n) is 11.4. The molecule has 2 N–H and O–H groups in total. The van der Waals surface area contributed by atoms with Gasteiger partial charge < -0.3 is 20.4 Å². The Kier molecular flexibility index (Phi) is 6.16. The van der Waals surface area contributed by atoms with Crippen LogP contribution in [-0.4, -0.2) is 68.7 Å². The van der Waals surface area contributed by atoms with E-state index in [-0.39, 0.29) is 17.7 Å². The van der Waals surface area contributed by atoms with Crippen LogP contribution in [0.2, 0.25) is 0 Å². The van der Waals surface area contributed by atoms with Crippen LogP contribution in [-0.2, 0) is 22.4 Å². The quantitative estimate of drug-likeness (QED) is 0.576. The molecule has 1 fully saturated rings. The highest BCUT2D eigenvalue weighted by atomic mass is 32.1. The average molecular weight is 492 g/mol. The summed E-state index contributed by atoms with van der Waals surface area (Å²) in [6.07, 6.45) is 3.31. The standard InChI is InChI=1S/C24H25N7O3S/c1-14(32)26-17-4-3-5-18(12-17)27-24-25-13-16-6-7-19-21(20(16)29-24)35-22(28-19)23(34)31-10-8-30(9-11-31)15(2)33/h3-5,12-13H,6-11H2,1-2H3,(H,26,32)(H,25,27,29). The van der Waals surface area contributed by atoms with Crippen molar-refractivity contribution in [1.29, 1.82) is 0 Å². The number of benzene rings is 1. The summed E-state index contributed by atoms with van der Waals surface area (Å²) in [5.41, 5.74) is 4.12. The summed E-state index contributed by atoms with van der Waals surface area (Å²) < 4.78 is 0. The summed E-state index contributed by atoms with van der Waals surface area (Å²) in [6, 6.07) is 7.32. The molecule has 0 unspecified atom stereocenters. The topological polar surface area (TPSA) is 120 Å². The Morgan fingerprint density at radius 3 is 2.46 bits per heavy atom. The van der Waals surface area contributed by atoms with Gasteiger partial charge in [0.05, 0.1) is 16.3 Å². The van der Waals surface area contributed by atoms with Crippen LogP contribution < -0.4 is 10.6 Å². The number of fused-ring (bicyclic) bond motifs is 3. The molecule has 0 radical (unpaired) electrons. The zero-order chi connectivity index (χ0) is 24.5. The number of carbonyl (C=O) groups excluding carboxylic acids is 3. The van der Waals surface area contributed by atoms with Gasteiger partial charge in [0.2, 0.25) is 17.8 Å². The number of aromatic nitrogens is 3. The number of rotatable bonds is 4. The minimum atomic E-state index is -0.143. The van der Waals surface area contributed by atoms with Crippen LogP contribution >= 0.6 is 11.3 Å². The Morgan fingerprint density at radius 2 is 1.71 bits per heavy atom. The molecule has 2 aliphatic rings. The molecule has 0 saturated carbocycles. The van der Waals surface area contributed by atoms with Crippen LogP contribution in [0.4, 0.5) is 17.3 Å². The van der Waals surface area contributed by atoms with Crippen molar-refractivity contribution in [2.75, 3.05) is 36.8 Å². The predicted octanol–water partition coefficient (Wildman–Crippen LogP) is 2.71. The predicted molar refractivity (Wildman–Crippen MR) is 133 cm³/mol. The van der Waals surface area contributed by atoms with Crippen LogP contribution in [0.1, 0.15) is 34.9 Å². The third-order valence-electron chi connectivity index (χ3n) is 6.04. The van der Waals surface area contributed by atoms with Crippen molar-refractivity contribution in [3.05, 3.63) is 46.7 Å². The van der Waals surface area contributed by atoms with E-state index in [4.69, 9.17) is 4.98 Å². The van der Waals surface area contributed by atoms with Gasteiger partial charge in [0.1, 0.15) is 0 Å². The Hall–Kier alpha value is -3.86. The SMILES string of the molecule is CC(=O)Nc1cccc(Nc2ncc3c(n2)-c2sc(C(=O)N4CCN(C(C)=O)CC4)nc2CC3)c1. The first-order valence-corrected chi connectivity index (χ1v) is 12.2. The highest BCUT2D eigenvalue weighted by Gasteiger charge is 2.29. The highest BCUT2D eigenvalue weighted by molar-refractivity contribution is 7.17. The van der Waals surface area contributed by atoms with E-state index < -0.39 is 0 Å². The van der Waals surface area contributed by atoms with Crippen molar-refractivity contribution in [3.8, 4) is 10.6 Å². The first-order chi connectivity index (χ1) is 16.9. The van der Waals surface area contributed by atoms with Crippen LogP contribution in [0, 0.1) is 0 Å². The monoisotopic (exact) mass is 491 g/mol. The Labute approximate surface area is 206 Å². The summed E-state index contributed by atoms with van der Waals surface area (Å²) in [5.74, 6) is 0.217. The number of carbonyl (C=O) groups is 3. The lowest BCUT2D eigenvalue weighted by atomic mass is 10.00. The molecule has 3 aromatic rings. The molecular formula is C24H25N7O3S. The summed E-state index contributed by atoms with van der Waals surface area (Å²) >= 11 is 1.36. The van der Waals surface area contributed by atoms with E-state index in [0.717, 1.165) is 40.4 Å². The lowest BCUT2D eigenvalue weighted by molar-refractivity contribution is -0.130. The molecule has 5 rings (SSSR count). The second-order valence-electron chi connectivity index (χ2n) is 8.55. The number of piperazine rings is 1. The van der Waals surface area contributed by atoms with Gasteiger partial charge in [0, 0.05) is 57.6 Å². The molecule has 10 nitrogen and oxygen atoms in total. The van der Waals surface area contributed by atoms with Gasteiger partial charge in [-0.15, -0.1) is 11.3 Å². The largest absolute Gasteiger partial charge is 0.339 e. The molecule has 1 aliphatic carbocycles. The van der Waals surface area contributed by atoms with Gasteiger partial charge in [-0.05, 0) is 36.6 Å². The number of thiazole rings is 1. The number of aryl methyl sites for hydroxylation is 2. The van der Waals surface area contributed by atoms with E-state index in [2.05, 4.69) is 20.6 Å². The lowest BCUT2D eigenvalue weighted by Crippen LogP contribution is -2.50. The zero-order valence-electron chi connectivity index (χ0n) is 19.5. The number of hydrogen-bond acceptors (Lipinski definition) is 8. The van der Waals surface area contributed by atoms with Gasteiger partial charge in [-0.1, -0.05) is 6.07 Å². The molecule has 0 spiro atoms. The van der Waals surface area contributed by atoms with Crippen molar-refractivity contribution in [3.63, 3.8) is 0 Å². The minimum absolute atomic E-state index is 0.0318. The molecule has 3 heterocycles. The van der Waals surface area contributed by atoms with E-state index >= 15 is 0 Å². The van der Waals surface area contributed by atoms with Crippen LogP contribution in [0.5, 0.6) is 0 Å². The zero-order valence-corrected chi connectivity index (χ0v) is 20.3. The molecule has 35 heavy (non-hydrogen) atoms. The normalized spacial score (nSPS) is 14.7. The van der Waals surface area contributed by atoms with Crippen LogP contribution in [0.3, 0.4) is 0 Å². The fourth-order valence-corrected chi connectivity index (χ4v) is 5.37. The molecule has 11 heteroatoms. The van der Waals surface area contributed by atoms with E-state index in [1.807, 2.05) is 30.5 Å². The maximum Gasteiger partial charge on any atom is 0.282 e. The highest BCUT2D eigenvalue weighted by Crippen LogP contribution is 2.37. The molecule has 0 bridgehead atoms. The smallest absolute Gasteiger partial charge is 0.282 e. The maximum absolute atomic E-state index is 13.1. The van der Waals surface area contributed by atoms with Crippen molar-refractivity contribution in [1.82, 2.24) is 24.8 Å². The summed E-state index contributed by atoms with van der Waals surface area (Å²) in [7, 11) is 0. The van der Waals surface area contributed by atoms with Gasteiger partial charge in [-0.2, -0.15) is 0 Å². The van der Waals surface area contributed by atoms with Crippen molar-refractivity contribution in [2.24, 2.45) is 0 Å². The first kappa shape index (κ1) is 22.9. The van der Waals surface area contributed by atoms with E-state index in [0.29, 0.717) is 42.8 Å². The minimum Gasteiger partial charge on any atom is -0.339 e. The van der Waals surface area contributed by atoms with Gasteiger partial charge in [0.15, 0.2) is 5.01 Å². The molecule has 2 aromatic heterocycles. The van der Waals surface area contributed by atoms with Crippen LogP contribution in [0.25, 0.3) is 10.6 Å².